The fourth-order valence-corrected chi connectivity index (χ4v) is 3.26. The van der Waals surface area contributed by atoms with Crippen LogP contribution in [0.1, 0.15) is 25.3 Å². The van der Waals surface area contributed by atoms with Crippen molar-refractivity contribution in [3.63, 3.8) is 0 Å². The zero-order valence-corrected chi connectivity index (χ0v) is 13.4. The number of rotatable bonds is 2. The minimum atomic E-state index is -0.284. The molecule has 2 aliphatic heterocycles. The van der Waals surface area contributed by atoms with Gasteiger partial charge in [0.05, 0.1) is 13.2 Å². The fourth-order valence-electron chi connectivity index (χ4n) is 2.86. The lowest BCUT2D eigenvalue weighted by Crippen LogP contribution is -2.43. The highest BCUT2D eigenvalue weighted by atomic mass is 79.9. The molecular formula is C16H20BrNO2. The summed E-state index contributed by atoms with van der Waals surface area (Å²) >= 11 is 3.52. The summed E-state index contributed by atoms with van der Waals surface area (Å²) in [6, 6.07) is 8.42. The normalized spacial score (nSPS) is 22.5. The van der Waals surface area contributed by atoms with Crippen LogP contribution in [-0.2, 0) is 9.47 Å². The van der Waals surface area contributed by atoms with Gasteiger partial charge in [0.2, 0.25) is 0 Å². The van der Waals surface area contributed by atoms with E-state index in [2.05, 4.69) is 58.2 Å². The third kappa shape index (κ3) is 3.08. The number of likely N-dealkylation sites (tertiary alicyclic amines) is 1. The molecule has 0 unspecified atom stereocenters. The van der Waals surface area contributed by atoms with Crippen LogP contribution >= 0.6 is 15.9 Å². The van der Waals surface area contributed by atoms with Crippen LogP contribution in [-0.4, -0.2) is 37.0 Å². The molecule has 0 aromatic heterocycles. The molecule has 3 rings (SSSR count). The third-order valence-corrected chi connectivity index (χ3v) is 4.52. The molecule has 4 heteroatoms. The van der Waals surface area contributed by atoms with Gasteiger partial charge in [-0.05, 0) is 30.2 Å². The minimum Gasteiger partial charge on any atom is -0.377 e. The van der Waals surface area contributed by atoms with Crippen molar-refractivity contribution in [3.8, 4) is 0 Å². The molecule has 0 amide bonds. The lowest BCUT2D eigenvalue weighted by atomic mass is 10.0. The molecule has 2 saturated heterocycles. The Morgan fingerprint density at radius 2 is 1.95 bits per heavy atom. The van der Waals surface area contributed by atoms with Gasteiger partial charge in [0.25, 0.3) is 0 Å². The molecule has 3 nitrogen and oxygen atoms in total. The van der Waals surface area contributed by atoms with Crippen LogP contribution in [0.25, 0.3) is 5.57 Å². The summed E-state index contributed by atoms with van der Waals surface area (Å²) in [5.74, 6) is -0.284. The Bertz CT molecular complexity index is 499. The lowest BCUT2D eigenvalue weighted by Gasteiger charge is -2.37. The van der Waals surface area contributed by atoms with Gasteiger partial charge in [-0.15, -0.1) is 0 Å². The minimum absolute atomic E-state index is 0.284. The van der Waals surface area contributed by atoms with Crippen molar-refractivity contribution < 1.29 is 9.47 Å². The second-order valence-electron chi connectivity index (χ2n) is 5.47. The Kier molecular flexibility index (Phi) is 4.15. The molecule has 108 valence electrons. The Labute approximate surface area is 128 Å². The van der Waals surface area contributed by atoms with Crippen LogP contribution in [0.2, 0.25) is 0 Å². The molecule has 0 N–H and O–H groups in total. The highest BCUT2D eigenvalue weighted by molar-refractivity contribution is 9.10. The van der Waals surface area contributed by atoms with Crippen LogP contribution in [0.5, 0.6) is 0 Å². The summed E-state index contributed by atoms with van der Waals surface area (Å²) in [4.78, 5) is 2.37. The molecule has 0 atom stereocenters. The summed E-state index contributed by atoms with van der Waals surface area (Å²) in [5, 5.41) is 0. The van der Waals surface area contributed by atoms with Gasteiger partial charge in [0, 0.05) is 36.6 Å². The van der Waals surface area contributed by atoms with E-state index in [1.807, 2.05) is 0 Å². The van der Waals surface area contributed by atoms with E-state index in [1.54, 1.807) is 0 Å². The molecule has 20 heavy (non-hydrogen) atoms. The maximum atomic E-state index is 5.76. The van der Waals surface area contributed by atoms with E-state index in [-0.39, 0.29) is 5.79 Å². The largest absolute Gasteiger partial charge is 0.377 e. The number of halogens is 1. The third-order valence-electron chi connectivity index (χ3n) is 4.03. The average Bonchev–Trinajstić information content (AvgIpc) is 2.90. The Morgan fingerprint density at radius 3 is 2.60 bits per heavy atom. The number of hydrogen-bond acceptors (Lipinski definition) is 3. The van der Waals surface area contributed by atoms with Crippen LogP contribution in [0.3, 0.4) is 0 Å². The molecule has 0 radical (unpaired) electrons. The predicted octanol–water partition coefficient (Wildman–Crippen LogP) is 3.65. The zero-order valence-electron chi connectivity index (χ0n) is 11.8. The van der Waals surface area contributed by atoms with Crippen molar-refractivity contribution in [1.82, 2.24) is 4.90 Å². The number of allylic oxidation sites excluding steroid dienone is 1. The van der Waals surface area contributed by atoms with Crippen LogP contribution < -0.4 is 0 Å². The van der Waals surface area contributed by atoms with Gasteiger partial charge in [0.15, 0.2) is 5.79 Å². The average molecular weight is 338 g/mol. The van der Waals surface area contributed by atoms with Crippen molar-refractivity contribution in [2.75, 3.05) is 26.3 Å². The van der Waals surface area contributed by atoms with Crippen LogP contribution in [0, 0.1) is 0 Å². The summed E-state index contributed by atoms with van der Waals surface area (Å²) in [6.07, 6.45) is 4.16. The molecule has 2 fully saturated rings. The predicted molar refractivity (Wildman–Crippen MR) is 83.2 cm³/mol. The summed E-state index contributed by atoms with van der Waals surface area (Å²) < 4.78 is 12.6. The second-order valence-corrected chi connectivity index (χ2v) is 6.38. The molecule has 1 aromatic carbocycles. The first-order chi connectivity index (χ1) is 9.67. The monoisotopic (exact) mass is 337 g/mol. The summed E-state index contributed by atoms with van der Waals surface area (Å²) in [6.45, 7) is 5.63. The quantitative estimate of drug-likeness (QED) is 0.822. The van der Waals surface area contributed by atoms with E-state index in [0.717, 1.165) is 43.6 Å². The molecular weight excluding hydrogens is 318 g/mol. The SMILES string of the molecule is CC(=CN1CCC2(CC1)OCCO2)c1cccc(Br)c1. The van der Waals surface area contributed by atoms with Crippen LogP contribution in [0.4, 0.5) is 0 Å². The first-order valence-electron chi connectivity index (χ1n) is 7.13. The standard InChI is InChI=1S/C16H20BrNO2/c1-13(14-3-2-4-15(17)11-14)12-18-7-5-16(6-8-18)19-9-10-20-16/h2-4,11-12H,5-10H2,1H3. The molecule has 1 spiro atoms. The van der Waals surface area contributed by atoms with Gasteiger partial charge in [-0.1, -0.05) is 28.1 Å². The Hall–Kier alpha value is -0.840. The van der Waals surface area contributed by atoms with Gasteiger partial charge in [-0.25, -0.2) is 0 Å². The van der Waals surface area contributed by atoms with E-state index in [1.165, 1.54) is 11.1 Å². The van der Waals surface area contributed by atoms with Crippen molar-refractivity contribution in [1.29, 1.82) is 0 Å². The first kappa shape index (κ1) is 14.1. The van der Waals surface area contributed by atoms with Gasteiger partial charge < -0.3 is 14.4 Å². The maximum Gasteiger partial charge on any atom is 0.171 e. The summed E-state index contributed by atoms with van der Waals surface area (Å²) in [7, 11) is 0. The van der Waals surface area contributed by atoms with Gasteiger partial charge >= 0.3 is 0 Å². The molecule has 1 aromatic rings. The Balaban J connectivity index is 1.65. The first-order valence-corrected chi connectivity index (χ1v) is 7.93. The molecule has 0 aliphatic carbocycles. The number of piperidine rings is 1. The van der Waals surface area contributed by atoms with Crippen molar-refractivity contribution in [3.05, 3.63) is 40.5 Å². The van der Waals surface area contributed by atoms with Crippen LogP contribution in [0.15, 0.2) is 34.9 Å². The van der Waals surface area contributed by atoms with E-state index in [9.17, 15) is 0 Å². The lowest BCUT2D eigenvalue weighted by molar-refractivity contribution is -0.181. The maximum absolute atomic E-state index is 5.76. The highest BCUT2D eigenvalue weighted by Crippen LogP contribution is 2.32. The molecule has 2 heterocycles. The molecule has 2 aliphatic rings. The van der Waals surface area contributed by atoms with Gasteiger partial charge in [-0.3, -0.25) is 0 Å². The van der Waals surface area contributed by atoms with Crippen molar-refractivity contribution in [2.45, 2.75) is 25.6 Å². The highest BCUT2D eigenvalue weighted by Gasteiger charge is 2.39. The molecule has 0 bridgehead atoms. The van der Waals surface area contributed by atoms with Gasteiger partial charge in [0.1, 0.15) is 0 Å². The van der Waals surface area contributed by atoms with E-state index in [0.29, 0.717) is 0 Å². The van der Waals surface area contributed by atoms with Gasteiger partial charge in [-0.2, -0.15) is 0 Å². The molecule has 0 saturated carbocycles. The van der Waals surface area contributed by atoms with E-state index >= 15 is 0 Å². The Morgan fingerprint density at radius 1 is 1.25 bits per heavy atom. The second kappa shape index (κ2) is 5.88. The topological polar surface area (TPSA) is 21.7 Å². The van der Waals surface area contributed by atoms with E-state index < -0.39 is 0 Å². The van der Waals surface area contributed by atoms with Crippen molar-refractivity contribution in [2.24, 2.45) is 0 Å². The number of nitrogens with zero attached hydrogens (tertiary/aromatic N) is 1. The number of hydrogen-bond donors (Lipinski definition) is 0. The fraction of sp³-hybridized carbons (Fsp3) is 0.500. The van der Waals surface area contributed by atoms with E-state index in [4.69, 9.17) is 9.47 Å². The zero-order chi connectivity index (χ0) is 14.0. The number of benzene rings is 1. The van der Waals surface area contributed by atoms with Crippen molar-refractivity contribution >= 4 is 21.5 Å². The number of ether oxygens (including phenoxy) is 2. The smallest absolute Gasteiger partial charge is 0.171 e. The summed E-state index contributed by atoms with van der Waals surface area (Å²) in [5.41, 5.74) is 2.54.